The van der Waals surface area contributed by atoms with Gasteiger partial charge in [0.05, 0.1) is 17.7 Å². The third-order valence-electron chi connectivity index (χ3n) is 3.10. The van der Waals surface area contributed by atoms with Crippen molar-refractivity contribution >= 4 is 22.7 Å². The maximum Gasteiger partial charge on any atom is 0.335 e. The third kappa shape index (κ3) is 2.70. The summed E-state index contributed by atoms with van der Waals surface area (Å²) in [6, 6.07) is 4.94. The lowest BCUT2D eigenvalue weighted by molar-refractivity contribution is 0.0697. The van der Waals surface area contributed by atoms with E-state index in [2.05, 4.69) is 9.97 Å². The van der Waals surface area contributed by atoms with Gasteiger partial charge in [-0.05, 0) is 32.0 Å². The van der Waals surface area contributed by atoms with Crippen LogP contribution >= 0.6 is 0 Å². The van der Waals surface area contributed by atoms with Gasteiger partial charge in [-0.1, -0.05) is 0 Å². The quantitative estimate of drug-likeness (QED) is 0.860. The highest BCUT2D eigenvalue weighted by Crippen LogP contribution is 2.25. The summed E-state index contributed by atoms with van der Waals surface area (Å²) in [7, 11) is 0. The van der Waals surface area contributed by atoms with E-state index in [-0.39, 0.29) is 18.2 Å². The molecular formula is C14H17N3O3. The molecule has 106 valence electrons. The number of hydrogen-bond donors (Lipinski definition) is 2. The fourth-order valence-electron chi connectivity index (χ4n) is 2.12. The number of anilines is 1. The molecule has 1 aromatic carbocycles. The van der Waals surface area contributed by atoms with Gasteiger partial charge in [0.15, 0.2) is 0 Å². The largest absolute Gasteiger partial charge is 0.478 e. The molecule has 0 aliphatic carbocycles. The highest BCUT2D eigenvalue weighted by molar-refractivity contribution is 5.96. The van der Waals surface area contributed by atoms with Crippen molar-refractivity contribution in [3.63, 3.8) is 0 Å². The van der Waals surface area contributed by atoms with Gasteiger partial charge in [0.2, 0.25) is 0 Å². The summed E-state index contributed by atoms with van der Waals surface area (Å²) in [5.74, 6) is -0.279. The first-order valence-corrected chi connectivity index (χ1v) is 6.40. The van der Waals surface area contributed by atoms with Crippen LogP contribution in [0.25, 0.3) is 10.9 Å². The normalized spacial score (nSPS) is 11.0. The minimum absolute atomic E-state index is 0.0247. The summed E-state index contributed by atoms with van der Waals surface area (Å²) >= 11 is 0. The summed E-state index contributed by atoms with van der Waals surface area (Å²) in [5.41, 5.74) is 0.777. The second kappa shape index (κ2) is 5.83. The Bertz CT molecular complexity index is 628. The molecule has 0 radical (unpaired) electrons. The maximum absolute atomic E-state index is 11.0. The van der Waals surface area contributed by atoms with Crippen LogP contribution in [0.1, 0.15) is 24.2 Å². The molecule has 0 aliphatic heterocycles. The van der Waals surface area contributed by atoms with Crippen LogP contribution in [0.5, 0.6) is 0 Å². The zero-order valence-corrected chi connectivity index (χ0v) is 11.4. The second-order valence-corrected chi connectivity index (χ2v) is 4.75. The van der Waals surface area contributed by atoms with Crippen LogP contribution in [0.15, 0.2) is 24.5 Å². The SMILES string of the molecule is CC(C)N(CCO)c1ncnc2cc(C(=O)O)ccc12. The van der Waals surface area contributed by atoms with Crippen LogP contribution in [0, 0.1) is 0 Å². The van der Waals surface area contributed by atoms with E-state index in [1.54, 1.807) is 6.07 Å². The van der Waals surface area contributed by atoms with Crippen molar-refractivity contribution in [1.29, 1.82) is 0 Å². The van der Waals surface area contributed by atoms with Crippen LogP contribution in [-0.2, 0) is 0 Å². The molecule has 0 unspecified atom stereocenters. The van der Waals surface area contributed by atoms with Crippen molar-refractivity contribution in [2.45, 2.75) is 19.9 Å². The van der Waals surface area contributed by atoms with Crippen molar-refractivity contribution in [1.82, 2.24) is 9.97 Å². The number of benzene rings is 1. The number of aromatic carboxylic acids is 1. The summed E-state index contributed by atoms with van der Waals surface area (Å²) in [6.07, 6.45) is 1.41. The van der Waals surface area contributed by atoms with Crippen molar-refractivity contribution in [2.24, 2.45) is 0 Å². The van der Waals surface area contributed by atoms with Gasteiger partial charge >= 0.3 is 5.97 Å². The number of hydrogen-bond acceptors (Lipinski definition) is 5. The van der Waals surface area contributed by atoms with Crippen LogP contribution in [0.3, 0.4) is 0 Å². The molecule has 0 atom stereocenters. The molecule has 2 aromatic rings. The van der Waals surface area contributed by atoms with E-state index in [0.717, 1.165) is 5.39 Å². The van der Waals surface area contributed by atoms with Gasteiger partial charge in [-0.2, -0.15) is 0 Å². The molecule has 6 nitrogen and oxygen atoms in total. The Labute approximate surface area is 116 Å². The first kappa shape index (κ1) is 14.2. The smallest absolute Gasteiger partial charge is 0.335 e. The molecule has 0 spiro atoms. The minimum Gasteiger partial charge on any atom is -0.478 e. The van der Waals surface area contributed by atoms with Gasteiger partial charge in [-0.15, -0.1) is 0 Å². The molecule has 0 fully saturated rings. The van der Waals surface area contributed by atoms with Gasteiger partial charge in [0.25, 0.3) is 0 Å². The molecule has 2 N–H and O–H groups in total. The number of aromatic nitrogens is 2. The Kier molecular flexibility index (Phi) is 4.14. The number of carbonyl (C=O) groups is 1. The Hall–Kier alpha value is -2.21. The van der Waals surface area contributed by atoms with Gasteiger partial charge in [0.1, 0.15) is 12.1 Å². The molecule has 0 aliphatic rings. The molecule has 2 rings (SSSR count). The van der Waals surface area contributed by atoms with E-state index < -0.39 is 5.97 Å². The maximum atomic E-state index is 11.0. The van der Waals surface area contributed by atoms with Gasteiger partial charge in [-0.25, -0.2) is 14.8 Å². The van der Waals surface area contributed by atoms with E-state index in [1.807, 2.05) is 18.7 Å². The topological polar surface area (TPSA) is 86.5 Å². The first-order chi connectivity index (χ1) is 9.54. The highest BCUT2D eigenvalue weighted by Gasteiger charge is 2.16. The zero-order chi connectivity index (χ0) is 14.7. The van der Waals surface area contributed by atoms with Crippen LogP contribution in [0.4, 0.5) is 5.82 Å². The number of carboxylic acid groups (broad SMARTS) is 1. The summed E-state index contributed by atoms with van der Waals surface area (Å²) in [6.45, 7) is 4.51. The number of fused-ring (bicyclic) bond motifs is 1. The second-order valence-electron chi connectivity index (χ2n) is 4.75. The Morgan fingerprint density at radius 2 is 2.10 bits per heavy atom. The monoisotopic (exact) mass is 275 g/mol. The predicted octanol–water partition coefficient (Wildman–Crippen LogP) is 1.54. The van der Waals surface area contributed by atoms with Gasteiger partial charge in [-0.3, -0.25) is 0 Å². The first-order valence-electron chi connectivity index (χ1n) is 6.40. The molecule has 20 heavy (non-hydrogen) atoms. The van der Waals surface area contributed by atoms with Crippen molar-refractivity contribution in [3.05, 3.63) is 30.1 Å². The fraction of sp³-hybridized carbons (Fsp3) is 0.357. The summed E-state index contributed by atoms with van der Waals surface area (Å²) < 4.78 is 0. The highest BCUT2D eigenvalue weighted by atomic mass is 16.4. The van der Waals surface area contributed by atoms with Gasteiger partial charge in [0, 0.05) is 18.0 Å². The summed E-state index contributed by atoms with van der Waals surface area (Å²) in [5, 5.41) is 19.0. The molecule has 1 heterocycles. The Balaban J connectivity index is 2.56. The van der Waals surface area contributed by atoms with E-state index in [1.165, 1.54) is 18.5 Å². The molecule has 1 aromatic heterocycles. The average Bonchev–Trinajstić information content (AvgIpc) is 2.43. The minimum atomic E-state index is -0.983. The Morgan fingerprint density at radius 1 is 1.35 bits per heavy atom. The number of carboxylic acids is 1. The molecule has 0 amide bonds. The number of aliphatic hydroxyl groups excluding tert-OH is 1. The lowest BCUT2D eigenvalue weighted by Crippen LogP contribution is -2.34. The van der Waals surface area contributed by atoms with Crippen molar-refractivity contribution in [3.8, 4) is 0 Å². The lowest BCUT2D eigenvalue weighted by atomic mass is 10.1. The van der Waals surface area contributed by atoms with Crippen LogP contribution in [-0.4, -0.2) is 45.3 Å². The van der Waals surface area contributed by atoms with Gasteiger partial charge < -0.3 is 15.1 Å². The number of aliphatic hydroxyl groups is 1. The summed E-state index contributed by atoms with van der Waals surface area (Å²) in [4.78, 5) is 21.4. The molecule has 0 saturated heterocycles. The standard InChI is InChI=1S/C14H17N3O3/c1-9(2)17(5-6-18)13-11-4-3-10(14(19)20)7-12(11)15-8-16-13/h3-4,7-9,18H,5-6H2,1-2H3,(H,19,20). The number of rotatable bonds is 5. The average molecular weight is 275 g/mol. The van der Waals surface area contributed by atoms with Crippen LogP contribution < -0.4 is 4.90 Å². The lowest BCUT2D eigenvalue weighted by Gasteiger charge is -2.27. The van der Waals surface area contributed by atoms with Crippen LogP contribution in [0.2, 0.25) is 0 Å². The fourth-order valence-corrected chi connectivity index (χ4v) is 2.12. The molecular weight excluding hydrogens is 258 g/mol. The van der Waals surface area contributed by atoms with E-state index in [9.17, 15) is 9.90 Å². The molecule has 0 bridgehead atoms. The number of nitrogens with zero attached hydrogens (tertiary/aromatic N) is 3. The molecule has 6 heteroatoms. The van der Waals surface area contributed by atoms with E-state index >= 15 is 0 Å². The zero-order valence-electron chi connectivity index (χ0n) is 11.4. The van der Waals surface area contributed by atoms with E-state index in [0.29, 0.717) is 17.9 Å². The van der Waals surface area contributed by atoms with Crippen molar-refractivity contribution < 1.29 is 15.0 Å². The Morgan fingerprint density at radius 3 is 2.70 bits per heavy atom. The third-order valence-corrected chi connectivity index (χ3v) is 3.10. The predicted molar refractivity (Wildman–Crippen MR) is 76.1 cm³/mol. The van der Waals surface area contributed by atoms with E-state index in [4.69, 9.17) is 5.11 Å². The molecule has 0 saturated carbocycles. The van der Waals surface area contributed by atoms with Crippen molar-refractivity contribution in [2.75, 3.05) is 18.1 Å².